The maximum atomic E-state index is 12.1. The second-order valence-corrected chi connectivity index (χ2v) is 10.4. The Hall–Kier alpha value is -2.07. The third-order valence-electron chi connectivity index (χ3n) is 8.17. The molecule has 2 unspecified atom stereocenters. The van der Waals surface area contributed by atoms with E-state index in [1.165, 1.54) is 68.4 Å². The lowest BCUT2D eigenvalue weighted by Gasteiger charge is -2.48. The van der Waals surface area contributed by atoms with Gasteiger partial charge in [0.15, 0.2) is 0 Å². The van der Waals surface area contributed by atoms with E-state index in [-0.39, 0.29) is 11.9 Å². The van der Waals surface area contributed by atoms with Crippen LogP contribution in [0.15, 0.2) is 36.4 Å². The van der Waals surface area contributed by atoms with Crippen LogP contribution < -0.4 is 4.74 Å². The molecule has 2 aromatic rings. The Morgan fingerprint density at radius 3 is 2.34 bits per heavy atom. The summed E-state index contributed by atoms with van der Waals surface area (Å²) in [6, 6.07) is 14.4. The normalized spacial score (nSPS) is 30.8. The number of rotatable bonds is 5. The molecule has 2 aliphatic heterocycles. The molecule has 5 rings (SSSR count). The van der Waals surface area contributed by atoms with Crippen LogP contribution in [0.2, 0.25) is 0 Å². The maximum Gasteiger partial charge on any atom is 0.308 e. The summed E-state index contributed by atoms with van der Waals surface area (Å²) in [4.78, 5) is 14.8. The van der Waals surface area contributed by atoms with E-state index in [1.807, 2.05) is 0 Å². The summed E-state index contributed by atoms with van der Waals surface area (Å²) in [6.07, 6.45) is 10.8. The minimum Gasteiger partial charge on any atom is -0.490 e. The largest absolute Gasteiger partial charge is 0.490 e. The lowest BCUT2D eigenvalue weighted by Crippen LogP contribution is -2.52. The van der Waals surface area contributed by atoms with Gasteiger partial charge in [-0.15, -0.1) is 0 Å². The molecule has 3 fully saturated rings. The number of hydrogen-bond acceptors (Lipinski definition) is 4. The molecular weight excluding hydrogens is 398 g/mol. The molecule has 1 saturated carbocycles. The van der Waals surface area contributed by atoms with Gasteiger partial charge in [0.1, 0.15) is 5.75 Å². The van der Waals surface area contributed by atoms with Gasteiger partial charge in [0.05, 0.1) is 19.1 Å². The van der Waals surface area contributed by atoms with Crippen LogP contribution in [-0.4, -0.2) is 36.2 Å². The first-order valence-electron chi connectivity index (χ1n) is 12.6. The predicted molar refractivity (Wildman–Crippen MR) is 128 cm³/mol. The first kappa shape index (κ1) is 21.8. The lowest BCUT2D eigenvalue weighted by atomic mass is 9.78. The summed E-state index contributed by atoms with van der Waals surface area (Å²) in [5.74, 6) is 1.90. The summed E-state index contributed by atoms with van der Waals surface area (Å²) < 4.78 is 11.4. The molecule has 2 aromatic carbocycles. The highest BCUT2D eigenvalue weighted by atomic mass is 16.5. The maximum absolute atomic E-state index is 12.1. The van der Waals surface area contributed by atoms with Crippen molar-refractivity contribution >= 4 is 16.7 Å². The second-order valence-electron chi connectivity index (χ2n) is 10.4. The van der Waals surface area contributed by atoms with Crippen molar-refractivity contribution in [3.05, 3.63) is 42.0 Å². The van der Waals surface area contributed by atoms with E-state index in [4.69, 9.17) is 9.47 Å². The van der Waals surface area contributed by atoms with Crippen LogP contribution in [0.3, 0.4) is 0 Å². The van der Waals surface area contributed by atoms with E-state index < -0.39 is 0 Å². The Morgan fingerprint density at radius 2 is 1.62 bits per heavy atom. The predicted octanol–water partition coefficient (Wildman–Crippen LogP) is 6.10. The molecule has 1 aliphatic carbocycles. The summed E-state index contributed by atoms with van der Waals surface area (Å²) in [7, 11) is 1.52. The van der Waals surface area contributed by atoms with Gasteiger partial charge in [-0.1, -0.05) is 31.5 Å². The van der Waals surface area contributed by atoms with Crippen molar-refractivity contribution in [2.45, 2.75) is 89.4 Å². The Labute approximate surface area is 192 Å². The van der Waals surface area contributed by atoms with Crippen molar-refractivity contribution in [2.24, 2.45) is 11.8 Å². The minimum atomic E-state index is -0.0204. The molecule has 3 aliphatic rings. The molecule has 32 heavy (non-hydrogen) atoms. The molecule has 0 N–H and O–H groups in total. The Morgan fingerprint density at radius 1 is 0.938 bits per heavy atom. The number of hydrogen-bond donors (Lipinski definition) is 0. The van der Waals surface area contributed by atoms with Gasteiger partial charge in [-0.3, -0.25) is 9.69 Å². The molecule has 2 saturated heterocycles. The topological polar surface area (TPSA) is 38.8 Å². The quantitative estimate of drug-likeness (QED) is 0.532. The van der Waals surface area contributed by atoms with E-state index in [0.717, 1.165) is 31.1 Å². The van der Waals surface area contributed by atoms with Crippen molar-refractivity contribution in [1.29, 1.82) is 0 Å². The monoisotopic (exact) mass is 435 g/mol. The number of benzene rings is 2. The van der Waals surface area contributed by atoms with E-state index in [1.54, 1.807) is 0 Å². The molecule has 2 heterocycles. The highest BCUT2D eigenvalue weighted by molar-refractivity contribution is 5.84. The standard InChI is InChI=1S/C28H37NO3/c1-19-6-11-26(12-7-19)32-27-13-10-21-14-20(8-9-22(21)17-27)18-29-24-4-3-5-25(29)16-23(15-24)28(30)31-2/h8-10,13-14,17,19,23-26H,3-7,11-12,15-16,18H2,1-2H3. The second kappa shape index (κ2) is 9.43. The summed E-state index contributed by atoms with van der Waals surface area (Å²) in [5.41, 5.74) is 1.36. The molecular formula is C28H37NO3. The molecule has 2 bridgehead atoms. The van der Waals surface area contributed by atoms with Gasteiger partial charge >= 0.3 is 5.97 Å². The molecule has 4 nitrogen and oxygen atoms in total. The fourth-order valence-electron chi connectivity index (χ4n) is 6.29. The fourth-order valence-corrected chi connectivity index (χ4v) is 6.29. The van der Waals surface area contributed by atoms with Crippen LogP contribution in [0.1, 0.15) is 70.3 Å². The van der Waals surface area contributed by atoms with Gasteiger partial charge in [-0.2, -0.15) is 0 Å². The van der Waals surface area contributed by atoms with Gasteiger partial charge in [0.25, 0.3) is 0 Å². The fraction of sp³-hybridized carbons (Fsp3) is 0.607. The van der Waals surface area contributed by atoms with Crippen LogP contribution >= 0.6 is 0 Å². The zero-order chi connectivity index (χ0) is 22.1. The smallest absolute Gasteiger partial charge is 0.308 e. The number of nitrogens with zero attached hydrogens (tertiary/aromatic N) is 1. The number of methoxy groups -OCH3 is 1. The average molecular weight is 436 g/mol. The Bertz CT molecular complexity index is 935. The Kier molecular flexibility index (Phi) is 6.41. The van der Waals surface area contributed by atoms with E-state index in [9.17, 15) is 4.79 Å². The number of esters is 1. The highest BCUT2D eigenvalue weighted by Gasteiger charge is 2.40. The van der Waals surface area contributed by atoms with Gasteiger partial charge in [-0.05, 0) is 91.8 Å². The minimum absolute atomic E-state index is 0.0204. The molecule has 0 radical (unpaired) electrons. The number of fused-ring (bicyclic) bond motifs is 3. The molecule has 2 atom stereocenters. The molecule has 0 spiro atoms. The van der Waals surface area contributed by atoms with Crippen molar-refractivity contribution in [3.63, 3.8) is 0 Å². The van der Waals surface area contributed by atoms with Crippen LogP contribution in [0.4, 0.5) is 0 Å². The number of carbonyl (C=O) groups is 1. The number of ether oxygens (including phenoxy) is 2. The van der Waals surface area contributed by atoms with Gasteiger partial charge < -0.3 is 9.47 Å². The zero-order valence-corrected chi connectivity index (χ0v) is 19.6. The van der Waals surface area contributed by atoms with Crippen LogP contribution in [0, 0.1) is 11.8 Å². The zero-order valence-electron chi connectivity index (χ0n) is 19.6. The van der Waals surface area contributed by atoms with Crippen LogP contribution in [-0.2, 0) is 16.1 Å². The van der Waals surface area contributed by atoms with Crippen molar-refractivity contribution in [3.8, 4) is 5.75 Å². The van der Waals surface area contributed by atoms with Crippen molar-refractivity contribution in [2.75, 3.05) is 7.11 Å². The average Bonchev–Trinajstić information content (AvgIpc) is 2.80. The van der Waals surface area contributed by atoms with Crippen molar-refractivity contribution < 1.29 is 14.3 Å². The summed E-state index contributed by atoms with van der Waals surface area (Å²) in [6.45, 7) is 3.32. The van der Waals surface area contributed by atoms with E-state index in [0.29, 0.717) is 18.2 Å². The molecule has 4 heteroatoms. The lowest BCUT2D eigenvalue weighted by molar-refractivity contribution is -0.150. The summed E-state index contributed by atoms with van der Waals surface area (Å²) in [5, 5.41) is 2.53. The van der Waals surface area contributed by atoms with Gasteiger partial charge in [-0.25, -0.2) is 0 Å². The van der Waals surface area contributed by atoms with Gasteiger partial charge in [0.2, 0.25) is 0 Å². The number of carbonyl (C=O) groups excluding carboxylic acids is 1. The third-order valence-corrected chi connectivity index (χ3v) is 8.17. The first-order valence-corrected chi connectivity index (χ1v) is 12.6. The SMILES string of the molecule is COC(=O)C1CC2CCCC(C1)N2Cc1ccc2cc(OC3CCC(C)CC3)ccc2c1. The van der Waals surface area contributed by atoms with Gasteiger partial charge in [0, 0.05) is 18.6 Å². The molecule has 172 valence electrons. The number of piperidine rings is 2. The van der Waals surface area contributed by atoms with Crippen LogP contribution in [0.25, 0.3) is 10.8 Å². The van der Waals surface area contributed by atoms with Crippen LogP contribution in [0.5, 0.6) is 5.75 Å². The third kappa shape index (κ3) is 4.66. The Balaban J connectivity index is 1.26. The van der Waals surface area contributed by atoms with E-state index in [2.05, 4.69) is 48.2 Å². The highest BCUT2D eigenvalue weighted by Crippen LogP contribution is 2.38. The summed E-state index contributed by atoms with van der Waals surface area (Å²) >= 11 is 0. The first-order chi connectivity index (χ1) is 15.6. The molecule has 0 amide bonds. The molecule has 0 aromatic heterocycles. The van der Waals surface area contributed by atoms with E-state index >= 15 is 0 Å². The van der Waals surface area contributed by atoms with Crippen molar-refractivity contribution in [1.82, 2.24) is 4.90 Å².